The topological polar surface area (TPSA) is 59.6 Å². The van der Waals surface area contributed by atoms with Gasteiger partial charge in [-0.15, -0.1) is 0 Å². The number of nitrogens with zero attached hydrogens (tertiary/aromatic N) is 2. The summed E-state index contributed by atoms with van der Waals surface area (Å²) in [7, 11) is 0. The van der Waals surface area contributed by atoms with Gasteiger partial charge >= 0.3 is 0 Å². The number of phenols is 1. The summed E-state index contributed by atoms with van der Waals surface area (Å²) >= 11 is 0. The molecule has 1 aromatic heterocycles. The molecule has 0 saturated carbocycles. The van der Waals surface area contributed by atoms with Crippen LogP contribution in [0, 0.1) is 0 Å². The molecule has 0 aliphatic carbocycles. The number of para-hydroxylation sites is 3. The number of ketones is 1. The molecule has 0 radical (unpaired) electrons. The highest BCUT2D eigenvalue weighted by Gasteiger charge is 2.22. The van der Waals surface area contributed by atoms with E-state index in [9.17, 15) is 9.90 Å². The summed E-state index contributed by atoms with van der Waals surface area (Å²) in [6, 6.07) is 13.6. The van der Waals surface area contributed by atoms with Crippen molar-refractivity contribution in [3.8, 4) is 5.75 Å². The van der Waals surface area contributed by atoms with Crippen molar-refractivity contribution in [3.63, 3.8) is 0 Å². The number of benzene rings is 2. The maximum absolute atomic E-state index is 12.9. The summed E-state index contributed by atoms with van der Waals surface area (Å²) in [5.41, 5.74) is 3.96. The average molecular weight is 363 g/mol. The van der Waals surface area contributed by atoms with Gasteiger partial charge in [-0.05, 0) is 24.1 Å². The zero-order valence-electron chi connectivity index (χ0n) is 15.6. The van der Waals surface area contributed by atoms with Crippen LogP contribution in [0.1, 0.15) is 22.8 Å². The lowest BCUT2D eigenvalue weighted by molar-refractivity contribution is 0.0928. The Balaban J connectivity index is 1.42. The molecule has 0 atom stereocenters. The first kappa shape index (κ1) is 17.6. The third kappa shape index (κ3) is 3.43. The molecule has 1 aliphatic rings. The number of aryl methyl sites for hydroxylation is 1. The van der Waals surface area contributed by atoms with Crippen LogP contribution in [0.15, 0.2) is 48.7 Å². The fourth-order valence-corrected chi connectivity index (χ4v) is 3.91. The highest BCUT2D eigenvalue weighted by Crippen LogP contribution is 2.27. The summed E-state index contributed by atoms with van der Waals surface area (Å²) in [5.74, 6) is 0.470. The molecule has 0 unspecified atom stereocenters. The average Bonchev–Trinajstić information content (AvgIpc) is 3.13. The predicted octanol–water partition coefficient (Wildman–Crippen LogP) is 3.44. The Hall–Kier alpha value is -2.79. The number of aromatic hydroxyl groups is 1. The Labute approximate surface area is 159 Å². The van der Waals surface area contributed by atoms with Crippen molar-refractivity contribution in [2.75, 3.05) is 37.6 Å². The van der Waals surface area contributed by atoms with Crippen LogP contribution in [0.2, 0.25) is 0 Å². The molecule has 0 amide bonds. The van der Waals surface area contributed by atoms with Crippen LogP contribution < -0.4 is 4.90 Å². The highest BCUT2D eigenvalue weighted by atomic mass is 16.3. The van der Waals surface area contributed by atoms with Gasteiger partial charge in [0.15, 0.2) is 5.78 Å². The van der Waals surface area contributed by atoms with Crippen LogP contribution in [-0.2, 0) is 6.42 Å². The van der Waals surface area contributed by atoms with E-state index < -0.39 is 0 Å². The summed E-state index contributed by atoms with van der Waals surface area (Å²) < 4.78 is 0. The number of aromatic nitrogens is 1. The van der Waals surface area contributed by atoms with E-state index in [-0.39, 0.29) is 5.78 Å². The Kier molecular flexibility index (Phi) is 4.86. The van der Waals surface area contributed by atoms with Crippen molar-refractivity contribution < 1.29 is 9.90 Å². The van der Waals surface area contributed by atoms with Gasteiger partial charge in [-0.3, -0.25) is 9.69 Å². The number of aromatic amines is 1. The molecule has 5 nitrogen and oxygen atoms in total. The molecule has 0 bridgehead atoms. The van der Waals surface area contributed by atoms with E-state index in [0.717, 1.165) is 54.8 Å². The lowest BCUT2D eigenvalue weighted by atomic mass is 10.0. The molecule has 2 N–H and O–H groups in total. The van der Waals surface area contributed by atoms with Gasteiger partial charge in [0.25, 0.3) is 0 Å². The van der Waals surface area contributed by atoms with E-state index in [2.05, 4.69) is 27.8 Å². The molecule has 27 heavy (non-hydrogen) atoms. The number of carbonyl (C=O) groups is 1. The van der Waals surface area contributed by atoms with E-state index in [4.69, 9.17) is 0 Å². The van der Waals surface area contributed by atoms with Gasteiger partial charge in [0, 0.05) is 48.8 Å². The van der Waals surface area contributed by atoms with Gasteiger partial charge in [-0.1, -0.05) is 37.3 Å². The number of hydrogen-bond donors (Lipinski definition) is 2. The Morgan fingerprint density at radius 3 is 2.59 bits per heavy atom. The molecule has 2 heterocycles. The van der Waals surface area contributed by atoms with Gasteiger partial charge in [0.2, 0.25) is 0 Å². The molecule has 4 rings (SSSR count). The standard InChI is InChI=1S/C22H25N3O2/c1-2-16-6-5-7-17-18(14-23-22(16)17)21(27)15-24-10-12-25(13-11-24)19-8-3-4-9-20(19)26/h3-9,14,23,26H,2,10-13,15H2,1H3. The number of piperazine rings is 1. The minimum absolute atomic E-state index is 0.158. The predicted molar refractivity (Wildman–Crippen MR) is 109 cm³/mol. The van der Waals surface area contributed by atoms with Crippen LogP contribution in [0.4, 0.5) is 5.69 Å². The number of fused-ring (bicyclic) bond motifs is 1. The van der Waals surface area contributed by atoms with Crippen molar-refractivity contribution in [1.82, 2.24) is 9.88 Å². The van der Waals surface area contributed by atoms with Gasteiger partial charge in [-0.25, -0.2) is 0 Å². The molecule has 5 heteroatoms. The summed E-state index contributed by atoms with van der Waals surface area (Å²) in [5, 5.41) is 11.1. The van der Waals surface area contributed by atoms with Crippen molar-refractivity contribution in [3.05, 3.63) is 59.8 Å². The van der Waals surface area contributed by atoms with Gasteiger partial charge in [-0.2, -0.15) is 0 Å². The number of hydrogen-bond acceptors (Lipinski definition) is 4. The van der Waals surface area contributed by atoms with Crippen LogP contribution in [0.25, 0.3) is 10.9 Å². The number of nitrogens with one attached hydrogen (secondary N) is 1. The third-order valence-electron chi connectivity index (χ3n) is 5.44. The smallest absolute Gasteiger partial charge is 0.178 e. The first-order valence-electron chi connectivity index (χ1n) is 9.55. The molecule has 0 spiro atoms. The van der Waals surface area contributed by atoms with Crippen LogP contribution in [0.3, 0.4) is 0 Å². The number of carbonyl (C=O) groups excluding carboxylic acids is 1. The van der Waals surface area contributed by atoms with Crippen molar-refractivity contribution in [1.29, 1.82) is 0 Å². The zero-order valence-corrected chi connectivity index (χ0v) is 15.6. The minimum Gasteiger partial charge on any atom is -0.506 e. The molecule has 1 aliphatic heterocycles. The third-order valence-corrected chi connectivity index (χ3v) is 5.44. The number of Topliss-reactive ketones (excluding diaryl/α,β-unsaturated/α-hetero) is 1. The molecule has 140 valence electrons. The molecular weight excluding hydrogens is 338 g/mol. The number of H-pyrrole nitrogens is 1. The van der Waals surface area contributed by atoms with E-state index in [1.54, 1.807) is 6.07 Å². The van der Waals surface area contributed by atoms with Crippen molar-refractivity contribution in [2.45, 2.75) is 13.3 Å². The summed E-state index contributed by atoms with van der Waals surface area (Å²) in [6.45, 7) is 5.78. The fourth-order valence-electron chi connectivity index (χ4n) is 3.91. The summed E-state index contributed by atoms with van der Waals surface area (Å²) in [4.78, 5) is 20.5. The van der Waals surface area contributed by atoms with Gasteiger partial charge < -0.3 is 15.0 Å². The summed E-state index contributed by atoms with van der Waals surface area (Å²) in [6.07, 6.45) is 2.80. The minimum atomic E-state index is 0.158. The first-order chi connectivity index (χ1) is 13.2. The van der Waals surface area contributed by atoms with Gasteiger partial charge in [0.05, 0.1) is 12.2 Å². The Bertz CT molecular complexity index is 955. The van der Waals surface area contributed by atoms with E-state index >= 15 is 0 Å². The van der Waals surface area contributed by atoms with Crippen molar-refractivity contribution >= 4 is 22.4 Å². The first-order valence-corrected chi connectivity index (χ1v) is 9.55. The molecule has 3 aromatic rings. The van der Waals surface area contributed by atoms with Crippen molar-refractivity contribution in [2.24, 2.45) is 0 Å². The Morgan fingerprint density at radius 1 is 1.07 bits per heavy atom. The zero-order chi connectivity index (χ0) is 18.8. The van der Waals surface area contributed by atoms with Crippen LogP contribution in [-0.4, -0.2) is 53.5 Å². The highest BCUT2D eigenvalue weighted by molar-refractivity contribution is 6.09. The Morgan fingerprint density at radius 2 is 1.85 bits per heavy atom. The molecule has 1 fully saturated rings. The quantitative estimate of drug-likeness (QED) is 0.682. The molecular formula is C22H25N3O2. The molecule has 2 aromatic carbocycles. The number of phenolic OH excluding ortho intramolecular Hbond substituents is 1. The van der Waals surface area contributed by atoms with E-state index in [1.165, 1.54) is 5.56 Å². The largest absolute Gasteiger partial charge is 0.506 e. The van der Waals surface area contributed by atoms with Crippen LogP contribution in [0.5, 0.6) is 5.75 Å². The van der Waals surface area contributed by atoms with Crippen LogP contribution >= 0.6 is 0 Å². The second-order valence-electron chi connectivity index (χ2n) is 7.07. The monoisotopic (exact) mass is 363 g/mol. The maximum atomic E-state index is 12.9. The van der Waals surface area contributed by atoms with E-state index in [1.807, 2.05) is 36.5 Å². The lowest BCUT2D eigenvalue weighted by Crippen LogP contribution is -2.48. The SMILES string of the molecule is CCc1cccc2c(C(=O)CN3CCN(c4ccccc4O)CC3)c[nH]c12. The second kappa shape index (κ2) is 7.45. The normalized spacial score (nSPS) is 15.4. The second-order valence-corrected chi connectivity index (χ2v) is 7.07. The number of anilines is 1. The van der Waals surface area contributed by atoms with Gasteiger partial charge in [0.1, 0.15) is 5.75 Å². The fraction of sp³-hybridized carbons (Fsp3) is 0.318. The maximum Gasteiger partial charge on any atom is 0.178 e. The lowest BCUT2D eigenvalue weighted by Gasteiger charge is -2.35. The van der Waals surface area contributed by atoms with E-state index in [0.29, 0.717) is 12.3 Å². The number of rotatable bonds is 5. The molecule has 1 saturated heterocycles.